The van der Waals surface area contributed by atoms with Gasteiger partial charge in [-0.25, -0.2) is 9.69 Å². The third kappa shape index (κ3) is 10.4. The number of carbonyl (C=O) groups excluding carboxylic acids is 5. The standard InChI is InChI=1S/C41H43N5O8/c1-27(23-47)46(41(52)54-26-30-12-6-3-7-13-30)40(51)36(20-28-16-18-32(19-17-28)53-25-29-10-4-2-5-11-29)44-39(50)37(24-48)45-38(49)34(42)21-31-22-43-35-15-9-8-14-33(31)35/h2-19,22-23,27,34,36-37,43,48H,20-21,24-26,42H2,1H3,(H,44,50)(H,45,49)/t27-,34+,36+,37+/m1/s1. The fourth-order valence-electron chi connectivity index (χ4n) is 5.75. The first-order chi connectivity index (χ1) is 26.2. The summed E-state index contributed by atoms with van der Waals surface area (Å²) < 4.78 is 11.3. The number of nitrogens with two attached hydrogens (primary N) is 1. The minimum Gasteiger partial charge on any atom is -0.489 e. The Bertz CT molecular complexity index is 2020. The number of imide groups is 1. The number of nitrogens with one attached hydrogen (secondary N) is 3. The van der Waals surface area contributed by atoms with Crippen LogP contribution in [0.25, 0.3) is 10.9 Å². The Hall–Kier alpha value is -6.31. The number of H-pyrrole nitrogens is 1. The summed E-state index contributed by atoms with van der Waals surface area (Å²) in [5, 5.41) is 16.1. The number of hydrogen-bond donors (Lipinski definition) is 5. The molecular formula is C41H43N5O8. The smallest absolute Gasteiger partial charge is 0.417 e. The number of aliphatic hydroxyl groups is 1. The SMILES string of the molecule is C[C@H](C=O)N(C(=O)OCc1ccccc1)C(=O)[C@H](Cc1ccc(OCc2ccccc2)cc1)NC(=O)[C@H](CO)NC(=O)[C@@H](N)Cc1c[nH]c2ccccc12. The Kier molecular flexibility index (Phi) is 13.7. The first-order valence-electron chi connectivity index (χ1n) is 17.4. The van der Waals surface area contributed by atoms with Gasteiger partial charge in [0.2, 0.25) is 11.8 Å². The summed E-state index contributed by atoms with van der Waals surface area (Å²) in [6.45, 7) is 0.687. The number of rotatable bonds is 17. The number of fused-ring (bicyclic) bond motifs is 1. The highest BCUT2D eigenvalue weighted by atomic mass is 16.6. The van der Waals surface area contributed by atoms with Crippen LogP contribution >= 0.6 is 0 Å². The Morgan fingerprint density at radius 1 is 0.778 bits per heavy atom. The average Bonchev–Trinajstić information content (AvgIpc) is 3.61. The maximum atomic E-state index is 14.1. The molecule has 5 rings (SSSR count). The predicted octanol–water partition coefficient (Wildman–Crippen LogP) is 3.57. The topological polar surface area (TPSA) is 193 Å². The third-order valence-electron chi connectivity index (χ3n) is 8.74. The number of para-hydroxylation sites is 1. The zero-order valence-corrected chi connectivity index (χ0v) is 29.7. The van der Waals surface area contributed by atoms with Gasteiger partial charge in [-0.1, -0.05) is 91.0 Å². The van der Waals surface area contributed by atoms with E-state index in [9.17, 15) is 29.1 Å². The molecule has 0 spiro atoms. The zero-order chi connectivity index (χ0) is 38.5. The third-order valence-corrected chi connectivity index (χ3v) is 8.74. The molecule has 6 N–H and O–H groups in total. The van der Waals surface area contributed by atoms with Crippen LogP contribution in [0.1, 0.15) is 29.2 Å². The molecule has 13 nitrogen and oxygen atoms in total. The maximum Gasteiger partial charge on any atom is 0.417 e. The first-order valence-corrected chi connectivity index (χ1v) is 17.4. The van der Waals surface area contributed by atoms with Crippen LogP contribution in [0, 0.1) is 0 Å². The van der Waals surface area contributed by atoms with Gasteiger partial charge in [-0.05, 0) is 53.8 Å². The van der Waals surface area contributed by atoms with Crippen LogP contribution in [0.15, 0.2) is 115 Å². The van der Waals surface area contributed by atoms with Crippen LogP contribution in [0.5, 0.6) is 5.75 Å². The molecule has 0 aliphatic heterocycles. The van der Waals surface area contributed by atoms with Gasteiger partial charge in [-0.15, -0.1) is 0 Å². The number of amides is 4. The second-order valence-electron chi connectivity index (χ2n) is 12.7. The van der Waals surface area contributed by atoms with E-state index in [1.165, 1.54) is 6.92 Å². The molecule has 0 unspecified atom stereocenters. The number of benzene rings is 4. The van der Waals surface area contributed by atoms with E-state index >= 15 is 0 Å². The van der Waals surface area contributed by atoms with Crippen LogP contribution in [0.3, 0.4) is 0 Å². The fraction of sp³-hybridized carbons (Fsp3) is 0.244. The van der Waals surface area contributed by atoms with Gasteiger partial charge in [0.15, 0.2) is 0 Å². The number of aliphatic hydroxyl groups excluding tert-OH is 1. The molecule has 1 aromatic heterocycles. The Morgan fingerprint density at radius 2 is 1.39 bits per heavy atom. The van der Waals surface area contributed by atoms with Crippen LogP contribution in [-0.4, -0.2) is 75.9 Å². The van der Waals surface area contributed by atoms with E-state index in [1.807, 2.05) is 54.6 Å². The molecule has 0 bridgehead atoms. The molecule has 4 amide bonds. The van der Waals surface area contributed by atoms with Gasteiger partial charge in [0.1, 0.15) is 37.3 Å². The normalized spacial score (nSPS) is 13.2. The number of ether oxygens (including phenoxy) is 2. The second kappa shape index (κ2) is 19.0. The molecule has 4 aromatic carbocycles. The number of carbonyl (C=O) groups is 5. The van der Waals surface area contributed by atoms with Gasteiger partial charge >= 0.3 is 6.09 Å². The van der Waals surface area contributed by atoms with Gasteiger partial charge in [0, 0.05) is 23.5 Å². The molecule has 0 fully saturated rings. The zero-order valence-electron chi connectivity index (χ0n) is 29.7. The quantitative estimate of drug-likeness (QED) is 0.0889. The summed E-state index contributed by atoms with van der Waals surface area (Å²) in [6.07, 6.45) is 1.08. The molecule has 0 saturated heterocycles. The molecule has 0 aliphatic carbocycles. The number of aldehydes is 1. The van der Waals surface area contributed by atoms with Gasteiger partial charge < -0.3 is 40.7 Å². The highest BCUT2D eigenvalue weighted by Gasteiger charge is 2.36. The average molecular weight is 734 g/mol. The van der Waals surface area contributed by atoms with Gasteiger partial charge in [0.25, 0.3) is 5.91 Å². The lowest BCUT2D eigenvalue weighted by Gasteiger charge is -2.29. The van der Waals surface area contributed by atoms with Crippen molar-refractivity contribution >= 4 is 41.0 Å². The van der Waals surface area contributed by atoms with Crippen molar-refractivity contribution in [2.24, 2.45) is 5.73 Å². The number of aromatic amines is 1. The molecule has 54 heavy (non-hydrogen) atoms. The van der Waals surface area contributed by atoms with Crippen molar-refractivity contribution in [2.75, 3.05) is 6.61 Å². The van der Waals surface area contributed by atoms with Crippen molar-refractivity contribution < 1.29 is 38.6 Å². The van der Waals surface area contributed by atoms with E-state index in [2.05, 4.69) is 15.6 Å². The van der Waals surface area contributed by atoms with Crippen molar-refractivity contribution in [3.63, 3.8) is 0 Å². The van der Waals surface area contributed by atoms with Gasteiger partial charge in [-0.3, -0.25) is 14.4 Å². The van der Waals surface area contributed by atoms with Crippen LogP contribution in [-0.2, 0) is 50.0 Å². The molecule has 0 saturated carbocycles. The van der Waals surface area contributed by atoms with Crippen molar-refractivity contribution in [3.05, 3.63) is 138 Å². The first kappa shape index (κ1) is 38.9. The molecule has 13 heteroatoms. The van der Waals surface area contributed by atoms with Crippen molar-refractivity contribution in [1.29, 1.82) is 0 Å². The molecule has 4 atom stereocenters. The largest absolute Gasteiger partial charge is 0.489 e. The molecule has 5 aromatic rings. The molecule has 280 valence electrons. The Labute approximate surface area is 312 Å². The maximum absolute atomic E-state index is 14.1. The second-order valence-corrected chi connectivity index (χ2v) is 12.7. The van der Waals surface area contributed by atoms with E-state index in [1.54, 1.807) is 60.8 Å². The lowest BCUT2D eigenvalue weighted by Crippen LogP contribution is -2.59. The number of hydrogen-bond acceptors (Lipinski definition) is 9. The number of nitrogens with zero attached hydrogens (tertiary/aromatic N) is 1. The van der Waals surface area contributed by atoms with Gasteiger partial charge in [-0.2, -0.15) is 0 Å². The highest BCUT2D eigenvalue weighted by molar-refractivity contribution is 6.00. The molecule has 0 aliphatic rings. The molecular weight excluding hydrogens is 690 g/mol. The highest BCUT2D eigenvalue weighted by Crippen LogP contribution is 2.20. The summed E-state index contributed by atoms with van der Waals surface area (Å²) in [5.41, 5.74) is 10.1. The minimum atomic E-state index is -1.50. The lowest BCUT2D eigenvalue weighted by molar-refractivity contribution is -0.139. The van der Waals surface area contributed by atoms with E-state index in [0.717, 1.165) is 22.0 Å². The summed E-state index contributed by atoms with van der Waals surface area (Å²) in [6, 6.07) is 27.4. The summed E-state index contributed by atoms with van der Waals surface area (Å²) in [5.74, 6) is -2.00. The van der Waals surface area contributed by atoms with Crippen molar-refractivity contribution in [3.8, 4) is 5.75 Å². The van der Waals surface area contributed by atoms with Crippen LogP contribution < -0.4 is 21.1 Å². The van der Waals surface area contributed by atoms with Gasteiger partial charge in [0.05, 0.1) is 18.7 Å². The summed E-state index contributed by atoms with van der Waals surface area (Å²) in [4.78, 5) is 70.0. The predicted molar refractivity (Wildman–Crippen MR) is 201 cm³/mol. The van der Waals surface area contributed by atoms with Crippen LogP contribution in [0.4, 0.5) is 4.79 Å². The monoisotopic (exact) mass is 733 g/mol. The Morgan fingerprint density at radius 3 is 2.04 bits per heavy atom. The van der Waals surface area contributed by atoms with Crippen LogP contribution in [0.2, 0.25) is 0 Å². The van der Waals surface area contributed by atoms with Crippen molar-refractivity contribution in [2.45, 2.75) is 57.1 Å². The number of aromatic nitrogens is 1. The van der Waals surface area contributed by atoms with E-state index in [4.69, 9.17) is 15.2 Å². The van der Waals surface area contributed by atoms with E-state index < -0.39 is 54.6 Å². The fourth-order valence-corrected chi connectivity index (χ4v) is 5.75. The van der Waals surface area contributed by atoms with E-state index in [-0.39, 0.29) is 19.4 Å². The van der Waals surface area contributed by atoms with E-state index in [0.29, 0.717) is 34.7 Å². The summed E-state index contributed by atoms with van der Waals surface area (Å²) >= 11 is 0. The molecule has 1 heterocycles. The minimum absolute atomic E-state index is 0.135. The van der Waals surface area contributed by atoms with Crippen molar-refractivity contribution in [1.82, 2.24) is 20.5 Å². The molecule has 0 radical (unpaired) electrons. The lowest BCUT2D eigenvalue weighted by atomic mass is 10.0. The Balaban J connectivity index is 1.32. The summed E-state index contributed by atoms with van der Waals surface area (Å²) in [7, 11) is 0.